The van der Waals surface area contributed by atoms with Crippen LogP contribution in [-0.4, -0.2) is 43.4 Å². The molecule has 0 spiro atoms. The Morgan fingerprint density at radius 1 is 1.38 bits per heavy atom. The van der Waals surface area contributed by atoms with E-state index in [2.05, 4.69) is 17.4 Å². The molecule has 2 N–H and O–H groups in total. The summed E-state index contributed by atoms with van der Waals surface area (Å²) in [6.45, 7) is 3.61. The highest BCUT2D eigenvalue weighted by Crippen LogP contribution is 2.31. The van der Waals surface area contributed by atoms with Crippen molar-refractivity contribution in [1.82, 2.24) is 4.90 Å². The zero-order valence-corrected chi connectivity index (χ0v) is 14.5. The van der Waals surface area contributed by atoms with Crippen LogP contribution in [0, 0.1) is 11.3 Å². The fourth-order valence-electron chi connectivity index (χ4n) is 3.32. The van der Waals surface area contributed by atoms with Gasteiger partial charge in [0.15, 0.2) is 0 Å². The minimum atomic E-state index is 0.0592. The minimum absolute atomic E-state index is 0.0592. The molecule has 2 rings (SSSR count). The number of carbonyl (C=O) groups excluding carboxylic acids is 2. The number of benzene rings is 1. The summed E-state index contributed by atoms with van der Waals surface area (Å²) >= 11 is 0. The molecule has 1 aliphatic rings. The first-order valence-electron chi connectivity index (χ1n) is 8.64. The number of carbonyl (C=O) groups is 2. The summed E-state index contributed by atoms with van der Waals surface area (Å²) < 4.78 is 0. The van der Waals surface area contributed by atoms with Crippen LogP contribution in [0.15, 0.2) is 18.2 Å². The molecule has 1 fully saturated rings. The molecule has 0 saturated carbocycles. The standard InChI is InChI=1S/C19H27N3O2/c1-14(4-3-11-23)19(20)17-6-5-16(12-18(17)21-2)15-7-9-22(13-24)10-8-15/h5-6,11-15,20-21H,3-4,7-10H2,1-2H3. The molecule has 130 valence electrons. The van der Waals surface area contributed by atoms with Crippen LogP contribution in [0.1, 0.15) is 49.7 Å². The van der Waals surface area contributed by atoms with Crippen molar-refractivity contribution in [2.45, 2.75) is 38.5 Å². The van der Waals surface area contributed by atoms with E-state index in [9.17, 15) is 9.59 Å². The smallest absolute Gasteiger partial charge is 0.209 e. The molecule has 1 amide bonds. The number of rotatable bonds is 8. The van der Waals surface area contributed by atoms with Crippen molar-refractivity contribution >= 4 is 24.1 Å². The molecule has 1 atom stereocenters. The van der Waals surface area contributed by atoms with Gasteiger partial charge in [-0.2, -0.15) is 0 Å². The molecule has 0 bridgehead atoms. The van der Waals surface area contributed by atoms with E-state index in [4.69, 9.17) is 5.41 Å². The lowest BCUT2D eigenvalue weighted by atomic mass is 9.86. The largest absolute Gasteiger partial charge is 0.388 e. The molecule has 1 heterocycles. The van der Waals surface area contributed by atoms with E-state index in [1.165, 1.54) is 5.56 Å². The number of aldehydes is 1. The van der Waals surface area contributed by atoms with E-state index in [0.29, 0.717) is 24.5 Å². The number of anilines is 1. The molecule has 0 aliphatic carbocycles. The second kappa shape index (κ2) is 8.62. The van der Waals surface area contributed by atoms with Gasteiger partial charge in [0.1, 0.15) is 6.29 Å². The summed E-state index contributed by atoms with van der Waals surface area (Å²) in [5.74, 6) is 0.521. The summed E-state index contributed by atoms with van der Waals surface area (Å²) in [6.07, 6.45) is 5.00. The molecule has 0 radical (unpaired) electrons. The van der Waals surface area contributed by atoms with Gasteiger partial charge in [0, 0.05) is 43.5 Å². The number of nitrogens with zero attached hydrogens (tertiary/aromatic N) is 1. The van der Waals surface area contributed by atoms with Crippen LogP contribution in [0.4, 0.5) is 5.69 Å². The number of hydrogen-bond acceptors (Lipinski definition) is 4. The van der Waals surface area contributed by atoms with E-state index in [1.54, 1.807) is 0 Å². The summed E-state index contributed by atoms with van der Waals surface area (Å²) in [6, 6.07) is 6.27. The predicted octanol–water partition coefficient (Wildman–Crippen LogP) is 3.05. The lowest BCUT2D eigenvalue weighted by molar-refractivity contribution is -0.119. The van der Waals surface area contributed by atoms with Gasteiger partial charge in [-0.1, -0.05) is 19.1 Å². The Balaban J connectivity index is 2.14. The van der Waals surface area contributed by atoms with Gasteiger partial charge in [-0.15, -0.1) is 0 Å². The zero-order chi connectivity index (χ0) is 17.5. The predicted molar refractivity (Wildman–Crippen MR) is 96.9 cm³/mol. The number of likely N-dealkylation sites (tertiary alicyclic amines) is 1. The fourth-order valence-corrected chi connectivity index (χ4v) is 3.32. The zero-order valence-electron chi connectivity index (χ0n) is 14.5. The SMILES string of the molecule is CNc1cc(C2CCN(C=O)CC2)ccc1C(=N)C(C)CCC=O. The second-order valence-electron chi connectivity index (χ2n) is 6.53. The fraction of sp³-hybridized carbons (Fsp3) is 0.526. The molecule has 1 unspecified atom stereocenters. The molecular formula is C19H27N3O2. The van der Waals surface area contributed by atoms with E-state index in [-0.39, 0.29) is 5.92 Å². The summed E-state index contributed by atoms with van der Waals surface area (Å²) in [5, 5.41) is 11.6. The molecule has 1 saturated heterocycles. The third kappa shape index (κ3) is 4.22. The van der Waals surface area contributed by atoms with E-state index < -0.39 is 0 Å². The highest BCUT2D eigenvalue weighted by Gasteiger charge is 2.21. The third-order valence-corrected chi connectivity index (χ3v) is 4.96. The Morgan fingerprint density at radius 2 is 2.08 bits per heavy atom. The van der Waals surface area contributed by atoms with E-state index >= 15 is 0 Å². The van der Waals surface area contributed by atoms with Gasteiger partial charge in [-0.05, 0) is 42.7 Å². The normalized spacial score (nSPS) is 16.5. The topological polar surface area (TPSA) is 73.3 Å². The van der Waals surface area contributed by atoms with E-state index in [1.807, 2.05) is 24.9 Å². The van der Waals surface area contributed by atoms with Gasteiger partial charge in [-0.3, -0.25) is 4.79 Å². The number of piperidine rings is 1. The van der Waals surface area contributed by atoms with Crippen LogP contribution in [-0.2, 0) is 9.59 Å². The maximum absolute atomic E-state index is 10.8. The number of nitrogens with one attached hydrogen (secondary N) is 2. The molecule has 5 heteroatoms. The van der Waals surface area contributed by atoms with Crippen molar-refractivity contribution in [3.05, 3.63) is 29.3 Å². The first-order chi connectivity index (χ1) is 11.6. The quantitative estimate of drug-likeness (QED) is 0.569. The van der Waals surface area contributed by atoms with Crippen LogP contribution in [0.25, 0.3) is 0 Å². The molecule has 1 aromatic rings. The Morgan fingerprint density at radius 3 is 2.67 bits per heavy atom. The van der Waals surface area contributed by atoms with Crippen LogP contribution in [0.5, 0.6) is 0 Å². The Bertz CT molecular complexity index is 592. The molecular weight excluding hydrogens is 302 g/mol. The summed E-state index contributed by atoms with van der Waals surface area (Å²) in [5.41, 5.74) is 3.71. The van der Waals surface area contributed by atoms with Gasteiger partial charge < -0.3 is 20.4 Å². The maximum atomic E-state index is 10.8. The van der Waals surface area contributed by atoms with Crippen molar-refractivity contribution in [3.63, 3.8) is 0 Å². The van der Waals surface area contributed by atoms with Crippen molar-refractivity contribution in [1.29, 1.82) is 5.41 Å². The molecule has 1 aliphatic heterocycles. The molecule has 0 aromatic heterocycles. The van der Waals surface area contributed by atoms with Gasteiger partial charge in [0.2, 0.25) is 6.41 Å². The monoisotopic (exact) mass is 329 g/mol. The van der Waals surface area contributed by atoms with Crippen molar-refractivity contribution in [3.8, 4) is 0 Å². The van der Waals surface area contributed by atoms with Crippen molar-refractivity contribution in [2.24, 2.45) is 5.92 Å². The summed E-state index contributed by atoms with van der Waals surface area (Å²) in [4.78, 5) is 23.2. The second-order valence-corrected chi connectivity index (χ2v) is 6.53. The Labute approximate surface area is 143 Å². The highest BCUT2D eigenvalue weighted by atomic mass is 16.1. The van der Waals surface area contributed by atoms with Crippen LogP contribution < -0.4 is 5.32 Å². The molecule has 5 nitrogen and oxygen atoms in total. The van der Waals surface area contributed by atoms with Crippen LogP contribution in [0.2, 0.25) is 0 Å². The average molecular weight is 329 g/mol. The number of hydrogen-bond donors (Lipinski definition) is 2. The molecule has 1 aromatic carbocycles. The van der Waals surface area contributed by atoms with Gasteiger partial charge in [0.05, 0.1) is 0 Å². The van der Waals surface area contributed by atoms with Crippen LogP contribution >= 0.6 is 0 Å². The summed E-state index contributed by atoms with van der Waals surface area (Å²) in [7, 11) is 1.88. The van der Waals surface area contributed by atoms with Crippen molar-refractivity contribution in [2.75, 3.05) is 25.5 Å². The van der Waals surface area contributed by atoms with E-state index in [0.717, 1.165) is 49.9 Å². The van der Waals surface area contributed by atoms with Gasteiger partial charge >= 0.3 is 0 Å². The minimum Gasteiger partial charge on any atom is -0.388 e. The van der Waals surface area contributed by atoms with Gasteiger partial charge in [0.25, 0.3) is 0 Å². The highest BCUT2D eigenvalue weighted by molar-refractivity contribution is 6.04. The average Bonchev–Trinajstić information content (AvgIpc) is 2.65. The first-order valence-corrected chi connectivity index (χ1v) is 8.64. The Hall–Kier alpha value is -2.17. The van der Waals surface area contributed by atoms with Crippen LogP contribution in [0.3, 0.4) is 0 Å². The van der Waals surface area contributed by atoms with Gasteiger partial charge in [-0.25, -0.2) is 0 Å². The lowest BCUT2D eigenvalue weighted by Gasteiger charge is -2.30. The third-order valence-electron chi connectivity index (χ3n) is 4.96. The first kappa shape index (κ1) is 18.2. The maximum Gasteiger partial charge on any atom is 0.209 e. The van der Waals surface area contributed by atoms with Crippen molar-refractivity contribution < 1.29 is 9.59 Å². The Kier molecular flexibility index (Phi) is 6.53. The molecule has 24 heavy (non-hydrogen) atoms. The lowest BCUT2D eigenvalue weighted by Crippen LogP contribution is -2.31. The number of amides is 1.